The first-order valence-electron chi connectivity index (χ1n) is 10.5. The molecule has 1 N–H and O–H groups in total. The van der Waals surface area contributed by atoms with Crippen molar-refractivity contribution in [1.29, 1.82) is 0 Å². The van der Waals surface area contributed by atoms with E-state index in [9.17, 15) is 4.79 Å². The van der Waals surface area contributed by atoms with Gasteiger partial charge in [-0.3, -0.25) is 4.90 Å². The summed E-state index contributed by atoms with van der Waals surface area (Å²) in [5.74, 6) is 1.48. The van der Waals surface area contributed by atoms with Crippen molar-refractivity contribution in [2.24, 2.45) is 0 Å². The molecule has 3 aromatic rings. The van der Waals surface area contributed by atoms with Gasteiger partial charge in [-0.1, -0.05) is 41.0 Å². The van der Waals surface area contributed by atoms with Crippen LogP contribution in [0.25, 0.3) is 17.0 Å². The molecule has 2 aromatic carbocycles. The first-order valence-corrected chi connectivity index (χ1v) is 10.9. The van der Waals surface area contributed by atoms with Gasteiger partial charge in [-0.05, 0) is 43.2 Å². The second-order valence-electron chi connectivity index (χ2n) is 7.59. The fourth-order valence-electron chi connectivity index (χ4n) is 3.82. The Bertz CT molecular complexity index is 1160. The van der Waals surface area contributed by atoms with E-state index >= 15 is 0 Å². The maximum Gasteiger partial charge on any atom is 0.322 e. The number of hydrogen-bond donors (Lipinski definition) is 1. The third kappa shape index (κ3) is 4.86. The Hall–Kier alpha value is -3.36. The molecule has 0 saturated carbocycles. The standard InChI is InChI=1S/C24H25ClN4O4/c1-15-20(23-27-22(28-33-23)17-6-4-7-18(25)14-17)21(16-8-10-19(32-3)11-9-16)26-24(30)29(15)12-5-13-31-2/h4,6-11,14,21H,5,12-13H2,1-3H3,(H,26,30). The molecule has 0 spiro atoms. The monoisotopic (exact) mass is 468 g/mol. The molecule has 2 amide bonds. The smallest absolute Gasteiger partial charge is 0.322 e. The average Bonchev–Trinajstić information content (AvgIpc) is 3.31. The van der Waals surface area contributed by atoms with E-state index < -0.39 is 6.04 Å². The number of carbonyl (C=O) groups excluding carboxylic acids is 1. The van der Waals surface area contributed by atoms with E-state index in [4.69, 9.17) is 25.6 Å². The van der Waals surface area contributed by atoms with Crippen molar-refractivity contribution in [2.45, 2.75) is 19.4 Å². The van der Waals surface area contributed by atoms with Crippen LogP contribution in [0.2, 0.25) is 5.02 Å². The number of ether oxygens (including phenoxy) is 2. The maximum absolute atomic E-state index is 13.0. The summed E-state index contributed by atoms with van der Waals surface area (Å²) in [6.45, 7) is 2.94. The highest BCUT2D eigenvalue weighted by atomic mass is 35.5. The van der Waals surface area contributed by atoms with Crippen LogP contribution in [0.15, 0.2) is 58.8 Å². The van der Waals surface area contributed by atoms with Gasteiger partial charge in [-0.25, -0.2) is 4.79 Å². The number of urea groups is 1. The second kappa shape index (κ2) is 10.1. The molecule has 1 unspecified atom stereocenters. The highest BCUT2D eigenvalue weighted by Gasteiger charge is 2.35. The zero-order chi connectivity index (χ0) is 23.4. The molecule has 8 nitrogen and oxygen atoms in total. The molecule has 1 aromatic heterocycles. The van der Waals surface area contributed by atoms with Crippen LogP contribution in [0.5, 0.6) is 5.75 Å². The summed E-state index contributed by atoms with van der Waals surface area (Å²) < 4.78 is 16.1. The minimum Gasteiger partial charge on any atom is -0.497 e. The normalized spacial score (nSPS) is 16.2. The summed E-state index contributed by atoms with van der Waals surface area (Å²) in [6.07, 6.45) is 0.694. The van der Waals surface area contributed by atoms with Crippen molar-refractivity contribution < 1.29 is 18.8 Å². The van der Waals surface area contributed by atoms with Crippen LogP contribution < -0.4 is 10.1 Å². The van der Waals surface area contributed by atoms with Crippen LogP contribution in [-0.2, 0) is 4.74 Å². The molecular formula is C24H25ClN4O4. The molecule has 0 fully saturated rings. The Labute approximate surface area is 197 Å². The van der Waals surface area contributed by atoms with Gasteiger partial charge in [0.1, 0.15) is 5.75 Å². The van der Waals surface area contributed by atoms with Gasteiger partial charge in [0.15, 0.2) is 0 Å². The van der Waals surface area contributed by atoms with Crippen molar-refractivity contribution in [3.63, 3.8) is 0 Å². The Morgan fingerprint density at radius 1 is 1.18 bits per heavy atom. The molecule has 1 aliphatic heterocycles. The fraction of sp³-hybridized carbons (Fsp3) is 0.292. The van der Waals surface area contributed by atoms with E-state index in [2.05, 4.69) is 15.5 Å². The summed E-state index contributed by atoms with van der Waals surface area (Å²) in [5.41, 5.74) is 3.10. The Balaban J connectivity index is 1.76. The lowest BCUT2D eigenvalue weighted by molar-refractivity contribution is 0.174. The van der Waals surface area contributed by atoms with Gasteiger partial charge >= 0.3 is 6.03 Å². The van der Waals surface area contributed by atoms with Gasteiger partial charge in [-0.15, -0.1) is 0 Å². The number of benzene rings is 2. The van der Waals surface area contributed by atoms with Crippen LogP contribution in [0.1, 0.15) is 30.8 Å². The summed E-state index contributed by atoms with van der Waals surface area (Å²) in [7, 11) is 3.25. The van der Waals surface area contributed by atoms with E-state index in [1.54, 1.807) is 31.3 Å². The molecule has 33 heavy (non-hydrogen) atoms. The number of allylic oxidation sites excluding steroid dienone is 1. The molecule has 1 aliphatic rings. The number of aromatic nitrogens is 2. The second-order valence-corrected chi connectivity index (χ2v) is 8.02. The van der Waals surface area contributed by atoms with Gasteiger partial charge in [0.25, 0.3) is 5.89 Å². The van der Waals surface area contributed by atoms with Crippen molar-refractivity contribution in [1.82, 2.24) is 20.4 Å². The third-order valence-electron chi connectivity index (χ3n) is 5.51. The van der Waals surface area contributed by atoms with Crippen molar-refractivity contribution >= 4 is 23.2 Å². The lowest BCUT2D eigenvalue weighted by atomic mass is 9.94. The van der Waals surface area contributed by atoms with E-state index in [1.807, 2.05) is 43.3 Å². The first kappa shape index (κ1) is 22.8. The SMILES string of the molecule is COCCCN1C(=O)NC(c2ccc(OC)cc2)C(c2nc(-c3cccc(Cl)c3)no2)=C1C. The quantitative estimate of drug-likeness (QED) is 0.471. The van der Waals surface area contributed by atoms with Crippen LogP contribution >= 0.6 is 11.6 Å². The highest BCUT2D eigenvalue weighted by molar-refractivity contribution is 6.30. The van der Waals surface area contributed by atoms with Gasteiger partial charge in [-0.2, -0.15) is 4.98 Å². The molecule has 0 saturated heterocycles. The van der Waals surface area contributed by atoms with E-state index in [0.717, 1.165) is 28.1 Å². The molecule has 172 valence electrons. The number of hydrogen-bond acceptors (Lipinski definition) is 6. The predicted molar refractivity (Wildman–Crippen MR) is 125 cm³/mol. The van der Waals surface area contributed by atoms with Gasteiger partial charge in [0, 0.05) is 36.5 Å². The van der Waals surface area contributed by atoms with Gasteiger partial charge < -0.3 is 19.3 Å². The van der Waals surface area contributed by atoms with Crippen molar-refractivity contribution in [3.05, 3.63) is 70.7 Å². The summed E-state index contributed by atoms with van der Waals surface area (Å²) in [6, 6.07) is 14.1. The fourth-order valence-corrected chi connectivity index (χ4v) is 4.01. The van der Waals surface area contributed by atoms with Gasteiger partial charge in [0.05, 0.1) is 18.7 Å². The van der Waals surface area contributed by atoms with E-state index in [1.165, 1.54) is 0 Å². The molecule has 0 bridgehead atoms. The average molecular weight is 469 g/mol. The largest absolute Gasteiger partial charge is 0.497 e. The molecule has 2 heterocycles. The molecule has 0 radical (unpaired) electrons. The van der Waals surface area contributed by atoms with E-state index in [0.29, 0.717) is 36.3 Å². The minimum absolute atomic E-state index is 0.192. The van der Waals surface area contributed by atoms with Gasteiger partial charge in [0.2, 0.25) is 5.82 Å². The highest BCUT2D eigenvalue weighted by Crippen LogP contribution is 2.38. The number of nitrogens with zero attached hydrogens (tertiary/aromatic N) is 3. The lowest BCUT2D eigenvalue weighted by Gasteiger charge is -2.35. The van der Waals surface area contributed by atoms with Crippen LogP contribution in [-0.4, -0.2) is 48.4 Å². The predicted octanol–water partition coefficient (Wildman–Crippen LogP) is 4.93. The summed E-state index contributed by atoms with van der Waals surface area (Å²) in [5, 5.41) is 7.83. The summed E-state index contributed by atoms with van der Waals surface area (Å²) >= 11 is 6.13. The zero-order valence-electron chi connectivity index (χ0n) is 18.7. The topological polar surface area (TPSA) is 89.7 Å². The minimum atomic E-state index is -0.463. The molecule has 1 atom stereocenters. The van der Waals surface area contributed by atoms with Crippen molar-refractivity contribution in [3.8, 4) is 17.1 Å². The number of rotatable bonds is 8. The van der Waals surface area contributed by atoms with Crippen LogP contribution in [0.3, 0.4) is 0 Å². The summed E-state index contributed by atoms with van der Waals surface area (Å²) in [4.78, 5) is 19.3. The number of methoxy groups -OCH3 is 2. The zero-order valence-corrected chi connectivity index (χ0v) is 19.4. The molecule has 0 aliphatic carbocycles. The van der Waals surface area contributed by atoms with Crippen LogP contribution in [0, 0.1) is 0 Å². The Morgan fingerprint density at radius 2 is 1.97 bits per heavy atom. The molecular weight excluding hydrogens is 444 g/mol. The third-order valence-corrected chi connectivity index (χ3v) is 5.75. The first-order chi connectivity index (χ1) is 16.0. The number of halogens is 1. The van der Waals surface area contributed by atoms with Crippen molar-refractivity contribution in [2.75, 3.05) is 27.4 Å². The Kier molecular flexibility index (Phi) is 6.96. The number of carbonyl (C=O) groups is 1. The molecule has 4 rings (SSSR count). The Morgan fingerprint density at radius 3 is 2.67 bits per heavy atom. The number of amides is 2. The maximum atomic E-state index is 13.0. The number of nitrogens with one attached hydrogen (secondary N) is 1. The lowest BCUT2D eigenvalue weighted by Crippen LogP contribution is -2.46. The van der Waals surface area contributed by atoms with Crippen LogP contribution in [0.4, 0.5) is 4.79 Å². The molecule has 9 heteroatoms. The van der Waals surface area contributed by atoms with E-state index in [-0.39, 0.29) is 6.03 Å².